The predicted molar refractivity (Wildman–Crippen MR) is 68.7 cm³/mol. The summed E-state index contributed by atoms with van der Waals surface area (Å²) in [4.78, 5) is 12.1. The summed E-state index contributed by atoms with van der Waals surface area (Å²) in [6, 6.07) is 5.84. The lowest BCUT2D eigenvalue weighted by molar-refractivity contribution is 0.0958. The third-order valence-corrected chi connectivity index (χ3v) is 3.64. The Hall–Kier alpha value is -1.31. The summed E-state index contributed by atoms with van der Waals surface area (Å²) in [5.74, 6) is 1.74. The fraction of sp³-hybridized carbons (Fsp3) is 0.533. The molecule has 0 amide bonds. The van der Waals surface area contributed by atoms with E-state index in [-0.39, 0.29) is 5.78 Å². The number of benzene rings is 1. The molecule has 0 radical (unpaired) electrons. The van der Waals surface area contributed by atoms with Crippen molar-refractivity contribution in [3.05, 3.63) is 29.3 Å². The van der Waals surface area contributed by atoms with Crippen LogP contribution < -0.4 is 4.74 Å². The van der Waals surface area contributed by atoms with Crippen LogP contribution in [0.2, 0.25) is 0 Å². The molecule has 92 valence electrons. The molecule has 2 rings (SSSR count). The van der Waals surface area contributed by atoms with Gasteiger partial charge in [-0.15, -0.1) is 0 Å². The van der Waals surface area contributed by atoms with Crippen LogP contribution >= 0.6 is 0 Å². The standard InChI is InChI=1S/C15H20O2/c1-3-11(4-2)9-14(16)12-5-6-15-13(10-12)7-8-17-15/h5-6,10-11H,3-4,7-9H2,1-2H3. The SMILES string of the molecule is CCC(CC)CC(=O)c1ccc2c(c1)CCO2. The van der Waals surface area contributed by atoms with Crippen molar-refractivity contribution in [3.63, 3.8) is 0 Å². The first kappa shape index (κ1) is 12.2. The van der Waals surface area contributed by atoms with Crippen molar-refractivity contribution in [2.45, 2.75) is 39.5 Å². The molecule has 1 heterocycles. The molecule has 1 aromatic rings. The maximum Gasteiger partial charge on any atom is 0.163 e. The minimum Gasteiger partial charge on any atom is -0.493 e. The summed E-state index contributed by atoms with van der Waals surface area (Å²) < 4.78 is 5.45. The molecule has 1 aromatic carbocycles. The Morgan fingerprint density at radius 2 is 2.12 bits per heavy atom. The molecule has 17 heavy (non-hydrogen) atoms. The molecule has 0 atom stereocenters. The van der Waals surface area contributed by atoms with Gasteiger partial charge in [0.1, 0.15) is 5.75 Å². The molecule has 0 spiro atoms. The summed E-state index contributed by atoms with van der Waals surface area (Å²) >= 11 is 0. The second-order valence-corrected chi connectivity index (χ2v) is 4.73. The van der Waals surface area contributed by atoms with Crippen molar-refractivity contribution < 1.29 is 9.53 Å². The largest absolute Gasteiger partial charge is 0.493 e. The first-order valence-corrected chi connectivity index (χ1v) is 6.53. The fourth-order valence-electron chi connectivity index (χ4n) is 2.32. The van der Waals surface area contributed by atoms with Crippen LogP contribution in [-0.4, -0.2) is 12.4 Å². The van der Waals surface area contributed by atoms with E-state index in [2.05, 4.69) is 13.8 Å². The molecule has 0 unspecified atom stereocenters. The topological polar surface area (TPSA) is 26.3 Å². The Labute approximate surface area is 103 Å². The summed E-state index contributed by atoms with van der Waals surface area (Å²) in [6.07, 6.45) is 3.76. The van der Waals surface area contributed by atoms with Crippen LogP contribution in [0.1, 0.15) is 49.0 Å². The van der Waals surface area contributed by atoms with E-state index < -0.39 is 0 Å². The number of carbonyl (C=O) groups excluding carboxylic acids is 1. The van der Waals surface area contributed by atoms with Gasteiger partial charge in [0, 0.05) is 18.4 Å². The maximum absolute atomic E-state index is 12.1. The van der Waals surface area contributed by atoms with E-state index in [0.717, 1.165) is 37.2 Å². The molecule has 0 aliphatic carbocycles. The Morgan fingerprint density at radius 3 is 2.82 bits per heavy atom. The summed E-state index contributed by atoms with van der Waals surface area (Å²) in [6.45, 7) is 5.05. The smallest absolute Gasteiger partial charge is 0.163 e. The van der Waals surface area contributed by atoms with Crippen LogP contribution in [0.4, 0.5) is 0 Å². The molecule has 0 bridgehead atoms. The Kier molecular flexibility index (Phi) is 3.82. The zero-order valence-corrected chi connectivity index (χ0v) is 10.7. The summed E-state index contributed by atoms with van der Waals surface area (Å²) in [5.41, 5.74) is 2.03. The first-order chi connectivity index (χ1) is 8.24. The van der Waals surface area contributed by atoms with E-state index in [1.807, 2.05) is 18.2 Å². The van der Waals surface area contributed by atoms with Gasteiger partial charge in [-0.05, 0) is 29.7 Å². The van der Waals surface area contributed by atoms with Gasteiger partial charge in [0.25, 0.3) is 0 Å². The lowest BCUT2D eigenvalue weighted by atomic mass is 9.93. The number of carbonyl (C=O) groups is 1. The summed E-state index contributed by atoms with van der Waals surface area (Å²) in [5, 5.41) is 0. The molecule has 0 fully saturated rings. The Morgan fingerprint density at radius 1 is 1.35 bits per heavy atom. The molecular formula is C15H20O2. The van der Waals surface area contributed by atoms with E-state index in [1.54, 1.807) is 0 Å². The van der Waals surface area contributed by atoms with Gasteiger partial charge in [0.2, 0.25) is 0 Å². The molecule has 2 nitrogen and oxygen atoms in total. The molecule has 0 saturated heterocycles. The number of ketones is 1. The average molecular weight is 232 g/mol. The highest BCUT2D eigenvalue weighted by Gasteiger charge is 2.16. The number of Topliss-reactive ketones (excluding diaryl/α,β-unsaturated/α-hetero) is 1. The van der Waals surface area contributed by atoms with Gasteiger partial charge in [-0.3, -0.25) is 4.79 Å². The number of fused-ring (bicyclic) bond motifs is 1. The van der Waals surface area contributed by atoms with E-state index in [0.29, 0.717) is 12.3 Å². The number of rotatable bonds is 5. The van der Waals surface area contributed by atoms with Crippen molar-refractivity contribution >= 4 is 5.78 Å². The fourth-order valence-corrected chi connectivity index (χ4v) is 2.32. The molecule has 1 aliphatic rings. The van der Waals surface area contributed by atoms with Gasteiger partial charge in [0.15, 0.2) is 5.78 Å². The third-order valence-electron chi connectivity index (χ3n) is 3.64. The van der Waals surface area contributed by atoms with E-state index >= 15 is 0 Å². The van der Waals surface area contributed by atoms with Crippen LogP contribution in [0.3, 0.4) is 0 Å². The van der Waals surface area contributed by atoms with Crippen molar-refractivity contribution in [3.8, 4) is 5.75 Å². The monoisotopic (exact) mass is 232 g/mol. The van der Waals surface area contributed by atoms with E-state index in [1.165, 1.54) is 5.56 Å². The second kappa shape index (κ2) is 5.35. The van der Waals surface area contributed by atoms with E-state index in [9.17, 15) is 4.79 Å². The van der Waals surface area contributed by atoms with Gasteiger partial charge in [-0.1, -0.05) is 26.7 Å². The molecule has 2 heteroatoms. The third kappa shape index (κ3) is 2.68. The summed E-state index contributed by atoms with van der Waals surface area (Å²) in [7, 11) is 0. The highest BCUT2D eigenvalue weighted by molar-refractivity contribution is 5.96. The molecule has 1 aliphatic heterocycles. The van der Waals surface area contributed by atoms with Crippen LogP contribution in [0.25, 0.3) is 0 Å². The van der Waals surface area contributed by atoms with Crippen LogP contribution in [0, 0.1) is 5.92 Å². The van der Waals surface area contributed by atoms with Crippen molar-refractivity contribution in [1.29, 1.82) is 0 Å². The maximum atomic E-state index is 12.1. The first-order valence-electron chi connectivity index (χ1n) is 6.53. The Bertz CT molecular complexity index is 405. The zero-order chi connectivity index (χ0) is 12.3. The molecule has 0 saturated carbocycles. The lowest BCUT2D eigenvalue weighted by Crippen LogP contribution is -2.07. The highest BCUT2D eigenvalue weighted by atomic mass is 16.5. The number of hydrogen-bond donors (Lipinski definition) is 0. The minimum absolute atomic E-state index is 0.272. The molecular weight excluding hydrogens is 212 g/mol. The van der Waals surface area contributed by atoms with Crippen molar-refractivity contribution in [2.24, 2.45) is 5.92 Å². The van der Waals surface area contributed by atoms with Crippen LogP contribution in [0.5, 0.6) is 5.75 Å². The van der Waals surface area contributed by atoms with Gasteiger partial charge in [-0.25, -0.2) is 0 Å². The minimum atomic E-state index is 0.272. The van der Waals surface area contributed by atoms with Crippen molar-refractivity contribution in [2.75, 3.05) is 6.61 Å². The van der Waals surface area contributed by atoms with Crippen LogP contribution in [0.15, 0.2) is 18.2 Å². The molecule has 0 N–H and O–H groups in total. The van der Waals surface area contributed by atoms with Gasteiger partial charge in [-0.2, -0.15) is 0 Å². The van der Waals surface area contributed by atoms with Gasteiger partial charge in [0.05, 0.1) is 6.61 Å². The number of ether oxygens (including phenoxy) is 1. The second-order valence-electron chi connectivity index (χ2n) is 4.73. The van der Waals surface area contributed by atoms with Crippen LogP contribution in [-0.2, 0) is 6.42 Å². The average Bonchev–Trinajstić information content (AvgIpc) is 2.82. The number of hydrogen-bond acceptors (Lipinski definition) is 2. The normalized spacial score (nSPS) is 13.6. The highest BCUT2D eigenvalue weighted by Crippen LogP contribution is 2.27. The predicted octanol–water partition coefficient (Wildman–Crippen LogP) is 3.63. The molecule has 0 aromatic heterocycles. The van der Waals surface area contributed by atoms with Crippen molar-refractivity contribution in [1.82, 2.24) is 0 Å². The van der Waals surface area contributed by atoms with E-state index in [4.69, 9.17) is 4.74 Å². The lowest BCUT2D eigenvalue weighted by Gasteiger charge is -2.11. The quantitative estimate of drug-likeness (QED) is 0.725. The zero-order valence-electron chi connectivity index (χ0n) is 10.7. The van der Waals surface area contributed by atoms with Gasteiger partial charge >= 0.3 is 0 Å². The van der Waals surface area contributed by atoms with Gasteiger partial charge < -0.3 is 4.74 Å². The Balaban J connectivity index is 2.09.